The molecule has 0 saturated carbocycles. The number of rotatable bonds is 9. The molecular weight excluding hydrogens is 548 g/mol. The summed E-state index contributed by atoms with van der Waals surface area (Å²) in [5, 5.41) is 22.1. The van der Waals surface area contributed by atoms with Crippen molar-refractivity contribution in [2.45, 2.75) is 70.1 Å². The fraction of sp³-hybridized carbons (Fsp3) is 0.519. The van der Waals surface area contributed by atoms with Crippen molar-refractivity contribution in [3.8, 4) is 0 Å². The molecule has 0 aromatic heterocycles. The predicted octanol–water partition coefficient (Wildman–Crippen LogP) is -2.13. The van der Waals surface area contributed by atoms with Crippen LogP contribution in [0.5, 0.6) is 0 Å². The minimum absolute atomic E-state index is 0.109. The highest BCUT2D eigenvalue weighted by molar-refractivity contribution is 5.95. The van der Waals surface area contributed by atoms with Crippen LogP contribution in [-0.2, 0) is 35.2 Å². The summed E-state index contributed by atoms with van der Waals surface area (Å²) < 4.78 is 0. The number of carboxylic acids is 1. The van der Waals surface area contributed by atoms with Gasteiger partial charge in [0.25, 0.3) is 0 Å². The second-order valence-electron chi connectivity index (χ2n) is 10.3. The third kappa shape index (κ3) is 11.8. The Morgan fingerprint density at radius 1 is 0.929 bits per heavy atom. The molecule has 0 spiro atoms. The van der Waals surface area contributed by atoms with Crippen molar-refractivity contribution in [3.05, 3.63) is 35.9 Å². The number of nitrogens with zero attached hydrogens (tertiary/aromatic N) is 1. The molecular formula is C27H40N8O7. The van der Waals surface area contributed by atoms with Crippen LogP contribution in [0.2, 0.25) is 0 Å². The number of aliphatic imine (C=N–C) groups is 1. The van der Waals surface area contributed by atoms with Gasteiger partial charge in [-0.15, -0.1) is 0 Å². The number of hydrogen-bond acceptors (Lipinski definition) is 7. The molecule has 42 heavy (non-hydrogen) atoms. The smallest absolute Gasteiger partial charge is 0.305 e. The SMILES string of the molecule is CC(C)C1NC(=O)CC(Cc2ccccc2)NC(=O)[C@H](CC(=O)O)NC(=O)CNC(=O)C(CCCN=C(N)N)NC1=O. The fourth-order valence-corrected chi connectivity index (χ4v) is 4.32. The number of nitrogens with one attached hydrogen (secondary N) is 5. The molecule has 3 unspecified atom stereocenters. The molecule has 1 aliphatic heterocycles. The van der Waals surface area contributed by atoms with Crippen molar-refractivity contribution in [3.63, 3.8) is 0 Å². The molecule has 1 saturated heterocycles. The largest absolute Gasteiger partial charge is 0.481 e. The molecule has 5 amide bonds. The summed E-state index contributed by atoms with van der Waals surface area (Å²) in [5.74, 6) is -5.33. The predicted molar refractivity (Wildman–Crippen MR) is 152 cm³/mol. The molecule has 4 atom stereocenters. The number of benzene rings is 1. The number of carbonyl (C=O) groups is 6. The van der Waals surface area contributed by atoms with Gasteiger partial charge in [-0.3, -0.25) is 33.8 Å². The molecule has 1 fully saturated rings. The lowest BCUT2D eigenvalue weighted by Crippen LogP contribution is -2.58. The first-order valence-electron chi connectivity index (χ1n) is 13.6. The van der Waals surface area contributed by atoms with Crippen LogP contribution in [0.25, 0.3) is 0 Å². The first-order valence-corrected chi connectivity index (χ1v) is 13.6. The number of carbonyl (C=O) groups excluding carboxylic acids is 5. The molecule has 0 aliphatic carbocycles. The van der Waals surface area contributed by atoms with E-state index in [1.165, 1.54) is 0 Å². The number of amides is 5. The van der Waals surface area contributed by atoms with Crippen molar-refractivity contribution in [1.82, 2.24) is 26.6 Å². The second kappa shape index (κ2) is 16.5. The van der Waals surface area contributed by atoms with E-state index in [0.717, 1.165) is 5.56 Å². The highest BCUT2D eigenvalue weighted by Crippen LogP contribution is 2.10. The third-order valence-corrected chi connectivity index (χ3v) is 6.40. The van der Waals surface area contributed by atoms with Crippen molar-refractivity contribution in [2.24, 2.45) is 22.4 Å². The monoisotopic (exact) mass is 588 g/mol. The summed E-state index contributed by atoms with van der Waals surface area (Å²) in [7, 11) is 0. The van der Waals surface area contributed by atoms with E-state index in [9.17, 15) is 33.9 Å². The van der Waals surface area contributed by atoms with Crippen LogP contribution in [0.3, 0.4) is 0 Å². The maximum absolute atomic E-state index is 13.2. The molecule has 0 bridgehead atoms. The second-order valence-corrected chi connectivity index (χ2v) is 10.3. The van der Waals surface area contributed by atoms with Gasteiger partial charge in [-0.05, 0) is 30.7 Å². The first-order chi connectivity index (χ1) is 19.8. The maximum atomic E-state index is 13.2. The van der Waals surface area contributed by atoms with Crippen molar-refractivity contribution in [2.75, 3.05) is 13.1 Å². The molecule has 15 nitrogen and oxygen atoms in total. The van der Waals surface area contributed by atoms with Crippen LogP contribution in [0, 0.1) is 5.92 Å². The Morgan fingerprint density at radius 3 is 2.24 bits per heavy atom. The van der Waals surface area contributed by atoms with Crippen LogP contribution >= 0.6 is 0 Å². The van der Waals surface area contributed by atoms with Gasteiger partial charge in [0.1, 0.15) is 18.1 Å². The van der Waals surface area contributed by atoms with E-state index in [0.29, 0.717) is 6.42 Å². The summed E-state index contributed by atoms with van der Waals surface area (Å²) in [6.07, 6.45) is -0.330. The topological polar surface area (TPSA) is 247 Å². The van der Waals surface area contributed by atoms with E-state index in [-0.39, 0.29) is 37.7 Å². The van der Waals surface area contributed by atoms with Crippen LogP contribution < -0.4 is 38.1 Å². The highest BCUT2D eigenvalue weighted by atomic mass is 16.4. The Balaban J connectivity index is 2.38. The number of carboxylic acid groups (broad SMARTS) is 1. The lowest BCUT2D eigenvalue weighted by Gasteiger charge is -2.27. The minimum atomic E-state index is -1.47. The van der Waals surface area contributed by atoms with Crippen LogP contribution in [0.15, 0.2) is 35.3 Å². The molecule has 10 N–H and O–H groups in total. The van der Waals surface area contributed by atoms with Gasteiger partial charge in [0.05, 0.1) is 13.0 Å². The molecule has 1 aromatic rings. The lowest BCUT2D eigenvalue weighted by atomic mass is 9.99. The number of guanidine groups is 1. The van der Waals surface area contributed by atoms with Crippen LogP contribution in [-0.4, -0.2) is 83.8 Å². The van der Waals surface area contributed by atoms with Crippen LogP contribution in [0.1, 0.15) is 45.1 Å². The van der Waals surface area contributed by atoms with Gasteiger partial charge in [-0.1, -0.05) is 44.2 Å². The number of hydrogen-bond donors (Lipinski definition) is 8. The summed E-state index contributed by atoms with van der Waals surface area (Å²) in [4.78, 5) is 80.4. The molecule has 230 valence electrons. The van der Waals surface area contributed by atoms with E-state index in [1.54, 1.807) is 38.1 Å². The number of aliphatic carboxylic acids is 1. The van der Waals surface area contributed by atoms with E-state index in [4.69, 9.17) is 11.5 Å². The molecule has 1 aromatic carbocycles. The normalized spacial score (nSPS) is 22.7. The first kappa shape index (κ1) is 33.5. The quantitative estimate of drug-likeness (QED) is 0.0890. The summed E-state index contributed by atoms with van der Waals surface area (Å²) >= 11 is 0. The lowest BCUT2D eigenvalue weighted by molar-refractivity contribution is -0.141. The average Bonchev–Trinajstić information content (AvgIpc) is 2.91. The molecule has 0 radical (unpaired) electrons. The van der Waals surface area contributed by atoms with Gasteiger partial charge in [0, 0.05) is 19.0 Å². The summed E-state index contributed by atoms with van der Waals surface area (Å²) in [6.45, 7) is 3.05. The minimum Gasteiger partial charge on any atom is -0.481 e. The van der Waals surface area contributed by atoms with Gasteiger partial charge in [0.15, 0.2) is 5.96 Å². The zero-order valence-corrected chi connectivity index (χ0v) is 23.7. The van der Waals surface area contributed by atoms with Gasteiger partial charge in [-0.25, -0.2) is 0 Å². The average molecular weight is 589 g/mol. The fourth-order valence-electron chi connectivity index (χ4n) is 4.32. The van der Waals surface area contributed by atoms with Crippen molar-refractivity contribution < 1.29 is 33.9 Å². The third-order valence-electron chi connectivity index (χ3n) is 6.40. The Bertz CT molecular complexity index is 1150. The Hall–Kier alpha value is -4.69. The zero-order valence-electron chi connectivity index (χ0n) is 23.7. The van der Waals surface area contributed by atoms with Gasteiger partial charge in [-0.2, -0.15) is 0 Å². The Morgan fingerprint density at radius 2 is 1.62 bits per heavy atom. The van der Waals surface area contributed by atoms with Crippen molar-refractivity contribution in [1.29, 1.82) is 0 Å². The van der Waals surface area contributed by atoms with Gasteiger partial charge in [0.2, 0.25) is 29.5 Å². The number of nitrogens with two attached hydrogens (primary N) is 2. The van der Waals surface area contributed by atoms with Gasteiger partial charge >= 0.3 is 5.97 Å². The standard InChI is InChI=1S/C27H40N8O7/c1-15(2)23-26(42)34-18(9-6-10-30-27(28)29)24(40)31-14-21(37)33-19(13-22(38)39)25(41)32-17(12-20(36)35-23)11-16-7-4-3-5-8-16/h3-5,7-8,15,17-19,23H,6,9-14H2,1-2H3,(H,31,40)(H,32,41)(H,33,37)(H,34,42)(H,35,36)(H,38,39)(H4,28,29,30)/t17?,18?,19-,23?/m0/s1. The molecule has 2 rings (SSSR count). The zero-order chi connectivity index (χ0) is 31.2. The highest BCUT2D eigenvalue weighted by Gasteiger charge is 2.32. The summed E-state index contributed by atoms with van der Waals surface area (Å²) in [6, 6.07) is 4.62. The Kier molecular flexibility index (Phi) is 13.2. The van der Waals surface area contributed by atoms with E-state index >= 15 is 0 Å². The van der Waals surface area contributed by atoms with Crippen LogP contribution in [0.4, 0.5) is 0 Å². The molecule has 1 aliphatic rings. The Labute approximate surface area is 243 Å². The van der Waals surface area contributed by atoms with E-state index in [2.05, 4.69) is 31.6 Å². The van der Waals surface area contributed by atoms with Crippen molar-refractivity contribution >= 4 is 41.5 Å². The van der Waals surface area contributed by atoms with E-state index in [1.807, 2.05) is 6.07 Å². The van der Waals surface area contributed by atoms with E-state index < -0.39 is 72.6 Å². The van der Waals surface area contributed by atoms with Gasteiger partial charge < -0.3 is 43.2 Å². The molecule has 1 heterocycles. The maximum Gasteiger partial charge on any atom is 0.305 e. The molecule has 15 heteroatoms. The summed E-state index contributed by atoms with van der Waals surface area (Å²) in [5.41, 5.74) is 11.5.